The van der Waals surface area contributed by atoms with Crippen molar-refractivity contribution in [3.05, 3.63) is 0 Å². The van der Waals surface area contributed by atoms with Gasteiger partial charge in [-0.1, -0.05) is 42.6 Å². The minimum Gasteiger partial charge on any atom is -0.0884 e. The van der Waals surface area contributed by atoms with Crippen molar-refractivity contribution in [2.24, 2.45) is 5.41 Å². The Morgan fingerprint density at radius 3 is 1.90 bits per heavy atom. The summed E-state index contributed by atoms with van der Waals surface area (Å²) in [7, 11) is 0. The van der Waals surface area contributed by atoms with Crippen LogP contribution < -0.4 is 0 Å². The normalized spacial score (nSPS) is 28.5. The van der Waals surface area contributed by atoms with Crippen LogP contribution in [0.25, 0.3) is 0 Å². The van der Waals surface area contributed by atoms with E-state index in [4.69, 9.17) is 0 Å². The second kappa shape index (κ2) is 3.25. The minimum atomic E-state index is 0.726. The molecule has 1 fully saturated rings. The van der Waals surface area contributed by atoms with Gasteiger partial charge in [-0.25, -0.2) is 0 Å². The summed E-state index contributed by atoms with van der Waals surface area (Å²) in [6.07, 6.45) is 6.98. The Hall–Kier alpha value is 0.480. The molecule has 0 nitrogen and oxygen atoms in total. The summed E-state index contributed by atoms with van der Waals surface area (Å²) < 4.78 is 0. The molecule has 0 aromatic carbocycles. The van der Waals surface area contributed by atoms with Gasteiger partial charge in [0.15, 0.2) is 0 Å². The van der Waals surface area contributed by atoms with Gasteiger partial charge in [0.2, 0.25) is 0 Å². The van der Waals surface area contributed by atoms with Crippen LogP contribution >= 0.6 is 15.9 Å². The summed E-state index contributed by atoms with van der Waals surface area (Å²) in [6.45, 7) is 4.57. The number of hydrogen-bond acceptors (Lipinski definition) is 0. The van der Waals surface area contributed by atoms with Crippen molar-refractivity contribution in [2.45, 2.75) is 50.8 Å². The number of alkyl halides is 1. The van der Waals surface area contributed by atoms with Crippen molar-refractivity contribution in [3.63, 3.8) is 0 Å². The molecule has 0 aliphatic heterocycles. The molecule has 0 bridgehead atoms. The van der Waals surface area contributed by atoms with E-state index < -0.39 is 0 Å². The van der Waals surface area contributed by atoms with Gasteiger partial charge in [0.1, 0.15) is 0 Å². The van der Waals surface area contributed by atoms with Gasteiger partial charge in [0.05, 0.1) is 0 Å². The lowest BCUT2D eigenvalue weighted by molar-refractivity contribution is 0.423. The highest BCUT2D eigenvalue weighted by Crippen LogP contribution is 2.57. The lowest BCUT2D eigenvalue weighted by atomic mass is 9.95. The molecule has 1 saturated carbocycles. The molecule has 0 aromatic heterocycles. The molecular weight excluding hydrogens is 188 g/mol. The molecule has 10 heavy (non-hydrogen) atoms. The van der Waals surface area contributed by atoms with E-state index in [0.29, 0.717) is 0 Å². The van der Waals surface area contributed by atoms with E-state index in [2.05, 4.69) is 29.8 Å². The zero-order chi connectivity index (χ0) is 7.61. The molecule has 0 spiro atoms. The summed E-state index contributed by atoms with van der Waals surface area (Å²) in [5.74, 6) is 0. The molecule has 1 aliphatic carbocycles. The maximum atomic E-state index is 3.71. The van der Waals surface area contributed by atoms with Gasteiger partial charge in [0, 0.05) is 4.83 Å². The van der Waals surface area contributed by atoms with Crippen molar-refractivity contribution in [1.82, 2.24) is 0 Å². The fourth-order valence-corrected chi connectivity index (χ4v) is 3.04. The summed E-state index contributed by atoms with van der Waals surface area (Å²) >= 11 is 3.71. The molecular formula is C9H17Br. The molecule has 0 heterocycles. The Balaban J connectivity index is 2.31. The van der Waals surface area contributed by atoms with Crippen LogP contribution in [-0.4, -0.2) is 4.83 Å². The zero-order valence-corrected chi connectivity index (χ0v) is 8.58. The Labute approximate surface area is 72.5 Å². The first kappa shape index (κ1) is 8.58. The van der Waals surface area contributed by atoms with Gasteiger partial charge in [-0.3, -0.25) is 0 Å². The average molecular weight is 205 g/mol. The largest absolute Gasteiger partial charge is 0.0884 e. The first-order chi connectivity index (χ1) is 4.75. The van der Waals surface area contributed by atoms with E-state index in [1.165, 1.54) is 32.1 Å². The molecule has 1 atom stereocenters. The standard InChI is InChI=1S/C9H17Br/c1-3-5-9(6-4-2)7-8(9)10/h8H,3-7H2,1-2H3. The molecule has 60 valence electrons. The quantitative estimate of drug-likeness (QED) is 0.613. The van der Waals surface area contributed by atoms with Gasteiger partial charge in [-0.2, -0.15) is 0 Å². The Bertz CT molecular complexity index is 103. The predicted octanol–water partition coefficient (Wildman–Crippen LogP) is 3.74. The molecule has 0 radical (unpaired) electrons. The first-order valence-corrected chi connectivity index (χ1v) is 5.31. The van der Waals surface area contributed by atoms with Crippen molar-refractivity contribution >= 4 is 15.9 Å². The Morgan fingerprint density at radius 2 is 1.70 bits per heavy atom. The van der Waals surface area contributed by atoms with Gasteiger partial charge in [-0.15, -0.1) is 0 Å². The molecule has 0 amide bonds. The molecule has 1 unspecified atom stereocenters. The van der Waals surface area contributed by atoms with Crippen LogP contribution in [0.15, 0.2) is 0 Å². The molecule has 1 aliphatic rings. The van der Waals surface area contributed by atoms with Crippen LogP contribution in [0.3, 0.4) is 0 Å². The fourth-order valence-electron chi connectivity index (χ4n) is 1.94. The van der Waals surface area contributed by atoms with Gasteiger partial charge in [0.25, 0.3) is 0 Å². The third kappa shape index (κ3) is 1.55. The molecule has 1 heteroatoms. The van der Waals surface area contributed by atoms with Crippen LogP contribution in [0.4, 0.5) is 0 Å². The maximum Gasteiger partial charge on any atom is 0.0208 e. The number of hydrogen-bond donors (Lipinski definition) is 0. The predicted molar refractivity (Wildman–Crippen MR) is 49.6 cm³/mol. The van der Waals surface area contributed by atoms with Gasteiger partial charge < -0.3 is 0 Å². The highest BCUT2D eigenvalue weighted by Gasteiger charge is 2.50. The van der Waals surface area contributed by atoms with Gasteiger partial charge in [-0.05, 0) is 24.7 Å². The topological polar surface area (TPSA) is 0 Å². The van der Waals surface area contributed by atoms with E-state index in [1.54, 1.807) is 0 Å². The third-order valence-electron chi connectivity index (χ3n) is 2.59. The number of rotatable bonds is 4. The van der Waals surface area contributed by atoms with E-state index >= 15 is 0 Å². The summed E-state index contributed by atoms with van der Waals surface area (Å²) in [5.41, 5.74) is 0.726. The molecule has 1 rings (SSSR count). The Morgan fingerprint density at radius 1 is 1.30 bits per heavy atom. The average Bonchev–Trinajstić information content (AvgIpc) is 2.44. The molecule has 0 aromatic rings. The van der Waals surface area contributed by atoms with Crippen LogP contribution in [0, 0.1) is 5.41 Å². The smallest absolute Gasteiger partial charge is 0.0208 e. The fraction of sp³-hybridized carbons (Fsp3) is 1.00. The molecule has 0 saturated heterocycles. The summed E-state index contributed by atoms with van der Waals surface area (Å²) in [4.78, 5) is 0.847. The van der Waals surface area contributed by atoms with Crippen molar-refractivity contribution < 1.29 is 0 Å². The second-order valence-corrected chi connectivity index (χ2v) is 4.64. The van der Waals surface area contributed by atoms with E-state index in [9.17, 15) is 0 Å². The molecule has 0 N–H and O–H groups in total. The maximum absolute atomic E-state index is 3.71. The van der Waals surface area contributed by atoms with Gasteiger partial charge >= 0.3 is 0 Å². The monoisotopic (exact) mass is 204 g/mol. The van der Waals surface area contributed by atoms with E-state index in [0.717, 1.165) is 10.2 Å². The van der Waals surface area contributed by atoms with Crippen LogP contribution in [-0.2, 0) is 0 Å². The van der Waals surface area contributed by atoms with Crippen molar-refractivity contribution in [3.8, 4) is 0 Å². The number of halogens is 1. The Kier molecular flexibility index (Phi) is 2.79. The van der Waals surface area contributed by atoms with E-state index in [-0.39, 0.29) is 0 Å². The van der Waals surface area contributed by atoms with Crippen LogP contribution in [0.5, 0.6) is 0 Å². The highest BCUT2D eigenvalue weighted by molar-refractivity contribution is 9.09. The van der Waals surface area contributed by atoms with E-state index in [1.807, 2.05) is 0 Å². The first-order valence-electron chi connectivity index (χ1n) is 4.39. The SMILES string of the molecule is CCCC1(CCC)CC1Br. The lowest BCUT2D eigenvalue weighted by Gasteiger charge is -2.12. The summed E-state index contributed by atoms with van der Waals surface area (Å²) in [5, 5.41) is 0. The van der Waals surface area contributed by atoms with Crippen molar-refractivity contribution in [1.29, 1.82) is 0 Å². The highest BCUT2D eigenvalue weighted by atomic mass is 79.9. The van der Waals surface area contributed by atoms with Crippen LogP contribution in [0.2, 0.25) is 0 Å². The lowest BCUT2D eigenvalue weighted by Crippen LogP contribution is -2.02. The minimum absolute atomic E-state index is 0.726. The second-order valence-electron chi connectivity index (χ2n) is 3.53. The summed E-state index contributed by atoms with van der Waals surface area (Å²) in [6, 6.07) is 0. The zero-order valence-electron chi connectivity index (χ0n) is 6.99. The third-order valence-corrected chi connectivity index (χ3v) is 3.88. The van der Waals surface area contributed by atoms with Crippen LogP contribution in [0.1, 0.15) is 46.0 Å². The van der Waals surface area contributed by atoms with Crippen molar-refractivity contribution in [2.75, 3.05) is 0 Å².